The number of anilines is 1. The van der Waals surface area contributed by atoms with Crippen LogP contribution in [0.3, 0.4) is 0 Å². The van der Waals surface area contributed by atoms with Gasteiger partial charge in [-0.25, -0.2) is 0 Å². The van der Waals surface area contributed by atoms with Gasteiger partial charge in [-0.1, -0.05) is 51.9 Å². The average Bonchev–Trinajstić information content (AvgIpc) is 2.39. The number of aryl methyl sites for hydroxylation is 1. The maximum absolute atomic E-state index is 11.4. The quantitative estimate of drug-likeness (QED) is 0.685. The lowest BCUT2D eigenvalue weighted by Crippen LogP contribution is -2.13. The van der Waals surface area contributed by atoms with Crippen molar-refractivity contribution in [3.8, 4) is 0 Å². The zero-order valence-electron chi connectivity index (χ0n) is 11.8. The molecule has 0 saturated heterocycles. The highest BCUT2D eigenvalue weighted by molar-refractivity contribution is 9.10. The third-order valence-corrected chi connectivity index (χ3v) is 3.90. The minimum absolute atomic E-state index is 0.118. The lowest BCUT2D eigenvalue weighted by molar-refractivity contribution is 0.542. The summed E-state index contributed by atoms with van der Waals surface area (Å²) in [7, 11) is 0. The smallest absolute Gasteiger partial charge is 0.218 e. The Hall–Kier alpha value is -0.770. The first-order valence-electron chi connectivity index (χ1n) is 7.30. The van der Waals surface area contributed by atoms with Crippen LogP contribution in [0.4, 0.5) is 5.69 Å². The van der Waals surface area contributed by atoms with Crippen molar-refractivity contribution in [1.29, 1.82) is 0 Å². The van der Waals surface area contributed by atoms with Crippen molar-refractivity contribution in [2.75, 3.05) is 5.73 Å². The van der Waals surface area contributed by atoms with Crippen LogP contribution in [0.5, 0.6) is 0 Å². The Morgan fingerprint density at radius 2 is 1.63 bits per heavy atom. The molecule has 0 bridgehead atoms. The number of nitrogens with two attached hydrogens (primary N) is 1. The summed E-state index contributed by atoms with van der Waals surface area (Å²) in [5.41, 5.74) is 5.85. The summed E-state index contributed by atoms with van der Waals surface area (Å²) in [6.45, 7) is 3.17. The monoisotopic (exact) mass is 328 g/mol. The highest BCUT2D eigenvalue weighted by Gasteiger charge is 2.01. The van der Waals surface area contributed by atoms with Gasteiger partial charge in [-0.05, 0) is 22.4 Å². The van der Waals surface area contributed by atoms with Gasteiger partial charge in [-0.15, -0.1) is 0 Å². The molecule has 108 valence electrons. The zero-order chi connectivity index (χ0) is 14.1. The predicted molar refractivity (Wildman–Crippen MR) is 85.4 cm³/mol. The van der Waals surface area contributed by atoms with Crippen molar-refractivity contribution in [1.82, 2.24) is 4.57 Å². The molecule has 4 heteroatoms. The van der Waals surface area contributed by atoms with E-state index in [1.807, 2.05) is 10.8 Å². The molecule has 3 nitrogen and oxygen atoms in total. The normalized spacial score (nSPS) is 10.8. The van der Waals surface area contributed by atoms with Gasteiger partial charge in [0.25, 0.3) is 0 Å². The fourth-order valence-corrected chi connectivity index (χ4v) is 2.67. The summed E-state index contributed by atoms with van der Waals surface area (Å²) >= 11 is 3.24. The third-order valence-electron chi connectivity index (χ3n) is 3.33. The fourth-order valence-electron chi connectivity index (χ4n) is 2.17. The molecule has 2 N–H and O–H groups in total. The third kappa shape index (κ3) is 6.28. The predicted octanol–water partition coefficient (Wildman–Crippen LogP) is 4.33. The van der Waals surface area contributed by atoms with Crippen molar-refractivity contribution in [3.63, 3.8) is 0 Å². The Balaban J connectivity index is 2.18. The number of nitrogen functional groups attached to an aromatic ring is 1. The lowest BCUT2D eigenvalue weighted by atomic mass is 10.1. The minimum atomic E-state index is -0.118. The van der Waals surface area contributed by atoms with Crippen LogP contribution in [-0.4, -0.2) is 4.57 Å². The Morgan fingerprint density at radius 1 is 1.05 bits per heavy atom. The van der Waals surface area contributed by atoms with Crippen LogP contribution in [-0.2, 0) is 6.54 Å². The molecule has 0 aliphatic rings. The van der Waals surface area contributed by atoms with Crippen LogP contribution >= 0.6 is 15.9 Å². The number of unbranched alkanes of at least 4 members (excludes halogenated alkanes) is 7. The summed E-state index contributed by atoms with van der Waals surface area (Å²) in [6.07, 6.45) is 14.0. The van der Waals surface area contributed by atoms with E-state index >= 15 is 0 Å². The largest absolute Gasteiger partial charge is 0.394 e. The van der Waals surface area contributed by atoms with Crippen LogP contribution in [0.1, 0.15) is 58.3 Å². The Kier molecular flexibility index (Phi) is 7.87. The van der Waals surface area contributed by atoms with Crippen molar-refractivity contribution in [3.05, 3.63) is 27.1 Å². The first kappa shape index (κ1) is 16.3. The number of pyridine rings is 1. The van der Waals surface area contributed by atoms with E-state index in [1.54, 1.807) is 6.20 Å². The van der Waals surface area contributed by atoms with E-state index < -0.39 is 0 Å². The van der Waals surface area contributed by atoms with Crippen molar-refractivity contribution >= 4 is 21.6 Å². The van der Waals surface area contributed by atoms with E-state index in [4.69, 9.17) is 5.73 Å². The van der Waals surface area contributed by atoms with Crippen molar-refractivity contribution in [2.24, 2.45) is 0 Å². The minimum Gasteiger partial charge on any atom is -0.394 e. The zero-order valence-corrected chi connectivity index (χ0v) is 13.4. The Bertz CT molecular complexity index is 402. The van der Waals surface area contributed by atoms with E-state index in [1.165, 1.54) is 44.9 Å². The number of halogens is 1. The van der Waals surface area contributed by atoms with Gasteiger partial charge in [0, 0.05) is 18.9 Å². The second-order valence-electron chi connectivity index (χ2n) is 5.10. The van der Waals surface area contributed by atoms with Gasteiger partial charge in [-0.3, -0.25) is 4.79 Å². The average molecular weight is 329 g/mol. The maximum atomic E-state index is 11.4. The number of hydrogen-bond acceptors (Lipinski definition) is 2. The summed E-state index contributed by atoms with van der Waals surface area (Å²) in [4.78, 5) is 11.4. The van der Waals surface area contributed by atoms with Crippen LogP contribution in [0, 0.1) is 0 Å². The first-order valence-corrected chi connectivity index (χ1v) is 8.09. The molecule has 0 aliphatic carbocycles. The van der Waals surface area contributed by atoms with Gasteiger partial charge in [0.1, 0.15) is 0 Å². The highest BCUT2D eigenvalue weighted by atomic mass is 79.9. The summed E-state index contributed by atoms with van der Waals surface area (Å²) < 4.78 is 2.55. The van der Waals surface area contributed by atoms with E-state index in [9.17, 15) is 4.79 Å². The van der Waals surface area contributed by atoms with E-state index in [0.717, 1.165) is 13.0 Å². The number of rotatable bonds is 9. The van der Waals surface area contributed by atoms with Gasteiger partial charge >= 0.3 is 0 Å². The summed E-state index contributed by atoms with van der Waals surface area (Å²) in [5, 5.41) is 0. The number of aromatic nitrogens is 1. The summed E-state index contributed by atoms with van der Waals surface area (Å²) in [6, 6.07) is 0. The molecule has 0 aliphatic heterocycles. The summed E-state index contributed by atoms with van der Waals surface area (Å²) in [5.74, 6) is 0. The lowest BCUT2D eigenvalue weighted by Gasteiger charge is -2.08. The van der Waals surface area contributed by atoms with Crippen LogP contribution in [0.15, 0.2) is 21.7 Å². The van der Waals surface area contributed by atoms with E-state index in [-0.39, 0.29) is 5.43 Å². The van der Waals surface area contributed by atoms with Crippen LogP contribution < -0.4 is 11.2 Å². The molecular weight excluding hydrogens is 304 g/mol. The van der Waals surface area contributed by atoms with Gasteiger partial charge in [0.05, 0.1) is 10.2 Å². The molecule has 0 atom stereocenters. The van der Waals surface area contributed by atoms with Crippen molar-refractivity contribution in [2.45, 2.75) is 64.8 Å². The maximum Gasteiger partial charge on any atom is 0.218 e. The van der Waals surface area contributed by atoms with Crippen molar-refractivity contribution < 1.29 is 0 Å². The number of nitrogens with zero attached hydrogens (tertiary/aromatic N) is 1. The highest BCUT2D eigenvalue weighted by Crippen LogP contribution is 2.11. The van der Waals surface area contributed by atoms with Gasteiger partial charge in [0.15, 0.2) is 0 Å². The first-order chi connectivity index (χ1) is 9.15. The second kappa shape index (κ2) is 9.18. The topological polar surface area (TPSA) is 48.0 Å². The molecule has 0 fully saturated rings. The Morgan fingerprint density at radius 3 is 2.21 bits per heavy atom. The standard InChI is InChI=1S/C15H25BrN2O/c1-2-3-4-5-6-7-8-9-10-18-11-13(16)15(19)14(17)12-18/h11-12H,2-10,17H2,1H3. The second-order valence-corrected chi connectivity index (χ2v) is 5.96. The Labute approximate surface area is 124 Å². The van der Waals surface area contributed by atoms with Crippen LogP contribution in [0.25, 0.3) is 0 Å². The van der Waals surface area contributed by atoms with Gasteiger partial charge < -0.3 is 10.3 Å². The molecule has 0 aromatic carbocycles. The molecule has 1 aromatic heterocycles. The molecule has 1 rings (SSSR count). The molecule has 0 radical (unpaired) electrons. The SMILES string of the molecule is CCCCCCCCCCn1cc(N)c(=O)c(Br)c1. The molecule has 19 heavy (non-hydrogen) atoms. The van der Waals surface area contributed by atoms with Gasteiger partial charge in [0.2, 0.25) is 5.43 Å². The van der Waals surface area contributed by atoms with Crippen LogP contribution in [0.2, 0.25) is 0 Å². The fraction of sp³-hybridized carbons (Fsp3) is 0.667. The van der Waals surface area contributed by atoms with Gasteiger partial charge in [-0.2, -0.15) is 0 Å². The van der Waals surface area contributed by atoms with E-state index in [0.29, 0.717) is 10.2 Å². The molecule has 0 amide bonds. The molecule has 0 spiro atoms. The molecule has 1 heterocycles. The molecule has 1 aromatic rings. The number of hydrogen-bond donors (Lipinski definition) is 1. The molecule has 0 unspecified atom stereocenters. The molecule has 0 saturated carbocycles. The van der Waals surface area contributed by atoms with E-state index in [2.05, 4.69) is 22.9 Å². The molecular formula is C15H25BrN2O.